The molecular formula is C14H17ClN2S. The minimum Gasteiger partial charge on any atom is -0.310 e. The van der Waals surface area contributed by atoms with Crippen molar-refractivity contribution in [3.63, 3.8) is 0 Å². The first kappa shape index (κ1) is 13.5. The molecule has 96 valence electrons. The molecule has 1 N–H and O–H groups in total. The molecule has 18 heavy (non-hydrogen) atoms. The molecule has 0 bridgehead atoms. The molecule has 0 aliphatic heterocycles. The quantitative estimate of drug-likeness (QED) is 0.862. The molecule has 2 nitrogen and oxygen atoms in total. The van der Waals surface area contributed by atoms with Gasteiger partial charge in [0.05, 0.1) is 11.2 Å². The lowest BCUT2D eigenvalue weighted by atomic mass is 10.0. The number of aromatic nitrogens is 1. The van der Waals surface area contributed by atoms with Crippen molar-refractivity contribution in [3.8, 4) is 0 Å². The summed E-state index contributed by atoms with van der Waals surface area (Å²) in [5, 5.41) is 6.45. The Morgan fingerprint density at radius 1 is 1.44 bits per heavy atom. The Bertz CT molecular complexity index is 470. The zero-order chi connectivity index (χ0) is 12.8. The monoisotopic (exact) mass is 280 g/mol. The standard InChI is InChI=1S/C14H17ClN2S/c1-2-14(11-4-3-5-12(15)8-11)16-7-6-13-9-18-10-17-13/h3-5,8-10,14,16H,2,6-7H2,1H3. The van der Waals surface area contributed by atoms with E-state index in [0.29, 0.717) is 6.04 Å². The van der Waals surface area contributed by atoms with E-state index in [1.54, 1.807) is 11.3 Å². The van der Waals surface area contributed by atoms with Gasteiger partial charge in [-0.15, -0.1) is 11.3 Å². The van der Waals surface area contributed by atoms with Gasteiger partial charge in [-0.1, -0.05) is 30.7 Å². The van der Waals surface area contributed by atoms with Crippen LogP contribution in [0.5, 0.6) is 0 Å². The van der Waals surface area contributed by atoms with Gasteiger partial charge in [-0.25, -0.2) is 4.98 Å². The molecule has 1 heterocycles. The fraction of sp³-hybridized carbons (Fsp3) is 0.357. The van der Waals surface area contributed by atoms with E-state index in [4.69, 9.17) is 11.6 Å². The first-order chi connectivity index (χ1) is 8.79. The zero-order valence-corrected chi connectivity index (χ0v) is 12.0. The van der Waals surface area contributed by atoms with Crippen LogP contribution in [-0.4, -0.2) is 11.5 Å². The van der Waals surface area contributed by atoms with E-state index >= 15 is 0 Å². The SMILES string of the molecule is CCC(NCCc1cscn1)c1cccc(Cl)c1. The first-order valence-corrected chi connectivity index (χ1v) is 7.47. The molecule has 1 atom stereocenters. The first-order valence-electron chi connectivity index (χ1n) is 6.15. The summed E-state index contributed by atoms with van der Waals surface area (Å²) in [7, 11) is 0. The van der Waals surface area contributed by atoms with Crippen LogP contribution in [0.15, 0.2) is 35.2 Å². The van der Waals surface area contributed by atoms with Crippen molar-refractivity contribution in [2.24, 2.45) is 0 Å². The Hall–Kier alpha value is -0.900. The van der Waals surface area contributed by atoms with Crippen molar-refractivity contribution in [2.75, 3.05) is 6.54 Å². The summed E-state index contributed by atoms with van der Waals surface area (Å²) in [5.74, 6) is 0. The molecule has 0 spiro atoms. The van der Waals surface area contributed by atoms with Gasteiger partial charge in [-0.2, -0.15) is 0 Å². The second kappa shape index (κ2) is 6.88. The van der Waals surface area contributed by atoms with Gasteiger partial charge in [-0.05, 0) is 24.1 Å². The molecule has 2 rings (SSSR count). The maximum absolute atomic E-state index is 6.02. The van der Waals surface area contributed by atoms with Crippen molar-refractivity contribution in [1.29, 1.82) is 0 Å². The lowest BCUT2D eigenvalue weighted by Gasteiger charge is -2.17. The molecule has 0 amide bonds. The van der Waals surface area contributed by atoms with Gasteiger partial charge in [0, 0.05) is 29.4 Å². The Morgan fingerprint density at radius 2 is 2.33 bits per heavy atom. The molecule has 0 aliphatic rings. The van der Waals surface area contributed by atoms with Gasteiger partial charge in [0.2, 0.25) is 0 Å². The maximum Gasteiger partial charge on any atom is 0.0794 e. The molecule has 0 aliphatic carbocycles. The average molecular weight is 281 g/mol. The fourth-order valence-corrected chi connectivity index (χ4v) is 2.75. The van der Waals surface area contributed by atoms with Gasteiger partial charge < -0.3 is 5.32 Å². The maximum atomic E-state index is 6.02. The van der Waals surface area contributed by atoms with Crippen LogP contribution in [-0.2, 0) is 6.42 Å². The van der Waals surface area contributed by atoms with Crippen molar-refractivity contribution in [1.82, 2.24) is 10.3 Å². The highest BCUT2D eigenvalue weighted by atomic mass is 35.5. The number of hydrogen-bond donors (Lipinski definition) is 1. The lowest BCUT2D eigenvalue weighted by Crippen LogP contribution is -2.23. The van der Waals surface area contributed by atoms with Crippen molar-refractivity contribution < 1.29 is 0 Å². The van der Waals surface area contributed by atoms with Crippen LogP contribution >= 0.6 is 22.9 Å². The number of rotatable bonds is 6. The smallest absolute Gasteiger partial charge is 0.0794 e. The summed E-state index contributed by atoms with van der Waals surface area (Å²) in [5.41, 5.74) is 4.29. The molecule has 4 heteroatoms. The van der Waals surface area contributed by atoms with E-state index < -0.39 is 0 Å². The van der Waals surface area contributed by atoms with Crippen molar-refractivity contribution >= 4 is 22.9 Å². The van der Waals surface area contributed by atoms with Gasteiger partial charge in [-0.3, -0.25) is 0 Å². The molecule has 1 unspecified atom stereocenters. The highest BCUT2D eigenvalue weighted by Gasteiger charge is 2.08. The third kappa shape index (κ3) is 3.80. The van der Waals surface area contributed by atoms with E-state index in [-0.39, 0.29) is 0 Å². The van der Waals surface area contributed by atoms with Crippen LogP contribution in [0.4, 0.5) is 0 Å². The van der Waals surface area contributed by atoms with E-state index in [1.807, 2.05) is 23.7 Å². The van der Waals surface area contributed by atoms with Gasteiger partial charge in [0.15, 0.2) is 0 Å². The number of nitrogens with zero attached hydrogens (tertiary/aromatic N) is 1. The molecule has 1 aromatic heterocycles. The van der Waals surface area contributed by atoms with Gasteiger partial charge in [0.1, 0.15) is 0 Å². The van der Waals surface area contributed by atoms with Crippen LogP contribution < -0.4 is 5.32 Å². The third-order valence-corrected chi connectivity index (χ3v) is 3.79. The topological polar surface area (TPSA) is 24.9 Å². The van der Waals surface area contributed by atoms with Crippen LogP contribution in [0.25, 0.3) is 0 Å². The Morgan fingerprint density at radius 3 is 3.00 bits per heavy atom. The van der Waals surface area contributed by atoms with Crippen LogP contribution in [0.2, 0.25) is 5.02 Å². The van der Waals surface area contributed by atoms with Crippen molar-refractivity contribution in [2.45, 2.75) is 25.8 Å². The summed E-state index contributed by atoms with van der Waals surface area (Å²) in [6.07, 6.45) is 2.03. The lowest BCUT2D eigenvalue weighted by molar-refractivity contribution is 0.521. The average Bonchev–Trinajstić information content (AvgIpc) is 2.88. The van der Waals surface area contributed by atoms with Crippen LogP contribution in [0, 0.1) is 0 Å². The molecule has 0 radical (unpaired) electrons. The highest BCUT2D eigenvalue weighted by molar-refractivity contribution is 7.07. The molecule has 0 saturated heterocycles. The second-order valence-corrected chi connectivity index (χ2v) is 5.35. The van der Waals surface area contributed by atoms with Crippen LogP contribution in [0.1, 0.15) is 30.6 Å². The summed E-state index contributed by atoms with van der Waals surface area (Å²) < 4.78 is 0. The van der Waals surface area contributed by atoms with Gasteiger partial charge >= 0.3 is 0 Å². The number of halogens is 1. The zero-order valence-electron chi connectivity index (χ0n) is 10.4. The molecule has 0 fully saturated rings. The molecule has 0 saturated carbocycles. The normalized spacial score (nSPS) is 12.6. The second-order valence-electron chi connectivity index (χ2n) is 4.20. The highest BCUT2D eigenvalue weighted by Crippen LogP contribution is 2.20. The predicted octanol–water partition coefficient (Wildman–Crippen LogP) is 4.08. The Labute approximate surface area is 117 Å². The number of hydrogen-bond acceptors (Lipinski definition) is 3. The van der Waals surface area contributed by atoms with Gasteiger partial charge in [0.25, 0.3) is 0 Å². The fourth-order valence-electron chi connectivity index (χ4n) is 1.96. The number of thiazole rings is 1. The third-order valence-electron chi connectivity index (χ3n) is 2.91. The summed E-state index contributed by atoms with van der Waals surface area (Å²) >= 11 is 7.67. The predicted molar refractivity (Wildman–Crippen MR) is 78.3 cm³/mol. The minimum absolute atomic E-state index is 0.363. The number of benzene rings is 1. The summed E-state index contributed by atoms with van der Waals surface area (Å²) in [6, 6.07) is 8.43. The largest absolute Gasteiger partial charge is 0.310 e. The van der Waals surface area contributed by atoms with E-state index in [2.05, 4.69) is 28.7 Å². The minimum atomic E-state index is 0.363. The van der Waals surface area contributed by atoms with E-state index in [1.165, 1.54) is 5.56 Å². The molecule has 2 aromatic rings. The Balaban J connectivity index is 1.89. The van der Waals surface area contributed by atoms with Crippen molar-refractivity contribution in [3.05, 3.63) is 51.4 Å². The van der Waals surface area contributed by atoms with E-state index in [0.717, 1.165) is 30.1 Å². The summed E-state index contributed by atoms with van der Waals surface area (Å²) in [4.78, 5) is 4.28. The summed E-state index contributed by atoms with van der Waals surface area (Å²) in [6.45, 7) is 3.12. The molecule has 1 aromatic carbocycles. The Kier molecular flexibility index (Phi) is 5.17. The van der Waals surface area contributed by atoms with Crippen LogP contribution in [0.3, 0.4) is 0 Å². The number of nitrogens with one attached hydrogen (secondary N) is 1. The molecular weight excluding hydrogens is 264 g/mol. The van der Waals surface area contributed by atoms with E-state index in [9.17, 15) is 0 Å².